The van der Waals surface area contributed by atoms with Crippen LogP contribution in [0.3, 0.4) is 0 Å². The summed E-state index contributed by atoms with van der Waals surface area (Å²) in [5.74, 6) is 1.42. The number of aliphatic hydroxyl groups is 2. The van der Waals surface area contributed by atoms with Crippen LogP contribution in [0.4, 0.5) is 0 Å². The second kappa shape index (κ2) is 13.7. The van der Waals surface area contributed by atoms with Crippen LogP contribution in [0.2, 0.25) is 0 Å². The topological polar surface area (TPSA) is 58.9 Å². The highest BCUT2D eigenvalue weighted by Crippen LogP contribution is 2.57. The summed E-state index contributed by atoms with van der Waals surface area (Å²) in [6, 6.07) is 60.8. The van der Waals surface area contributed by atoms with E-state index in [1.807, 2.05) is 24.3 Å². The van der Waals surface area contributed by atoms with Crippen LogP contribution in [0, 0.1) is 0 Å². The lowest BCUT2D eigenvalue weighted by atomic mass is 9.67. The Hall–Kier alpha value is -6.20. The fourth-order valence-corrected chi connectivity index (χ4v) is 8.15. The van der Waals surface area contributed by atoms with Crippen LogP contribution >= 0.6 is 0 Å². The highest BCUT2D eigenvalue weighted by molar-refractivity contribution is 5.94. The van der Waals surface area contributed by atoms with Gasteiger partial charge in [-0.3, -0.25) is 0 Å². The van der Waals surface area contributed by atoms with Crippen molar-refractivity contribution in [3.63, 3.8) is 0 Å². The van der Waals surface area contributed by atoms with Gasteiger partial charge in [0.1, 0.15) is 24.7 Å². The van der Waals surface area contributed by atoms with Gasteiger partial charge in [-0.2, -0.15) is 0 Å². The van der Waals surface area contributed by atoms with Gasteiger partial charge in [0.2, 0.25) is 0 Å². The Kier molecular flexibility index (Phi) is 8.47. The molecule has 0 unspecified atom stereocenters. The smallest absolute Gasteiger partial charge is 0.119 e. The normalized spacial score (nSPS) is 12.8. The predicted molar refractivity (Wildman–Crippen MR) is 215 cm³/mol. The highest BCUT2D eigenvalue weighted by Gasteiger charge is 2.46. The minimum atomic E-state index is -0.653. The molecule has 8 aromatic carbocycles. The van der Waals surface area contributed by atoms with Crippen molar-refractivity contribution < 1.29 is 19.7 Å². The molecule has 0 atom stereocenters. The maximum Gasteiger partial charge on any atom is 0.119 e. The Morgan fingerprint density at radius 2 is 0.755 bits per heavy atom. The van der Waals surface area contributed by atoms with Crippen LogP contribution in [-0.2, 0) is 5.41 Å². The van der Waals surface area contributed by atoms with Crippen molar-refractivity contribution in [3.05, 3.63) is 192 Å². The third kappa shape index (κ3) is 5.73. The molecule has 0 saturated carbocycles. The van der Waals surface area contributed by atoms with Gasteiger partial charge in [0.25, 0.3) is 0 Å². The van der Waals surface area contributed by atoms with E-state index in [1.165, 1.54) is 54.9 Å². The summed E-state index contributed by atoms with van der Waals surface area (Å²) < 4.78 is 11.6. The Bertz CT molecular complexity index is 2410. The molecule has 0 spiro atoms. The van der Waals surface area contributed by atoms with Crippen molar-refractivity contribution in [2.75, 3.05) is 26.4 Å². The fourth-order valence-electron chi connectivity index (χ4n) is 8.15. The molecule has 1 aliphatic rings. The molecule has 0 amide bonds. The molecule has 0 heterocycles. The van der Waals surface area contributed by atoms with Crippen molar-refractivity contribution >= 4 is 21.5 Å². The van der Waals surface area contributed by atoms with E-state index in [2.05, 4.69) is 146 Å². The van der Waals surface area contributed by atoms with Gasteiger partial charge in [0, 0.05) is 0 Å². The summed E-state index contributed by atoms with van der Waals surface area (Å²) in [6.45, 7) is 0.382. The molecule has 4 nitrogen and oxygen atoms in total. The van der Waals surface area contributed by atoms with Crippen LogP contribution < -0.4 is 9.47 Å². The van der Waals surface area contributed by atoms with Gasteiger partial charge in [-0.25, -0.2) is 0 Å². The first kappa shape index (κ1) is 32.7. The van der Waals surface area contributed by atoms with E-state index in [1.54, 1.807) is 0 Å². The second-order valence-electron chi connectivity index (χ2n) is 13.6. The molecule has 0 aliphatic heterocycles. The molecule has 0 aromatic heterocycles. The highest BCUT2D eigenvalue weighted by atomic mass is 16.5. The minimum absolute atomic E-state index is 0.0454. The van der Waals surface area contributed by atoms with Gasteiger partial charge >= 0.3 is 0 Å². The Labute approximate surface area is 309 Å². The Morgan fingerprint density at radius 1 is 0.377 bits per heavy atom. The van der Waals surface area contributed by atoms with Gasteiger partial charge in [-0.1, -0.05) is 121 Å². The number of hydrogen-bond acceptors (Lipinski definition) is 4. The maximum absolute atomic E-state index is 9.40. The Morgan fingerprint density at radius 3 is 1.17 bits per heavy atom. The zero-order valence-electron chi connectivity index (χ0n) is 29.2. The molecule has 9 rings (SSSR count). The molecule has 0 saturated heterocycles. The van der Waals surface area contributed by atoms with Crippen molar-refractivity contribution in [1.82, 2.24) is 0 Å². The second-order valence-corrected chi connectivity index (χ2v) is 13.6. The standard InChI is InChI=1S/C49H38O4/c50-25-27-52-43-19-15-41(16-20-43)49(42-17-21-44(22-18-42)53-28-26-51)47-23-13-39(37-11-9-33-5-1-3-7-35(33)29-37)31-45(47)46-32-40(14-24-48(46)49)38-12-10-34-6-2-4-8-36(34)30-38/h1-24,29-32,50-51H,25-28H2. The molecule has 1 aliphatic carbocycles. The van der Waals surface area contributed by atoms with E-state index >= 15 is 0 Å². The van der Waals surface area contributed by atoms with Crippen LogP contribution in [0.5, 0.6) is 11.5 Å². The van der Waals surface area contributed by atoms with Crippen molar-refractivity contribution in [2.24, 2.45) is 0 Å². The van der Waals surface area contributed by atoms with Gasteiger partial charge in [-0.05, 0) is 126 Å². The first-order valence-corrected chi connectivity index (χ1v) is 18.1. The third-order valence-corrected chi connectivity index (χ3v) is 10.6. The number of hydrogen-bond donors (Lipinski definition) is 2. The first-order chi connectivity index (χ1) is 26.1. The van der Waals surface area contributed by atoms with Crippen LogP contribution in [0.25, 0.3) is 54.9 Å². The van der Waals surface area contributed by atoms with E-state index in [0.29, 0.717) is 11.5 Å². The summed E-state index contributed by atoms with van der Waals surface area (Å²) in [6.07, 6.45) is 0. The molecule has 2 N–H and O–H groups in total. The zero-order valence-corrected chi connectivity index (χ0v) is 29.2. The fraction of sp³-hybridized carbons (Fsp3) is 0.102. The van der Waals surface area contributed by atoms with E-state index in [4.69, 9.17) is 9.47 Å². The van der Waals surface area contributed by atoms with Gasteiger partial charge in [-0.15, -0.1) is 0 Å². The summed E-state index contributed by atoms with van der Waals surface area (Å²) >= 11 is 0. The SMILES string of the molecule is OCCOc1ccc(C2(c3ccc(OCCO)cc3)c3ccc(-c4ccc5ccccc5c4)cc3-c3cc(-c4ccc5ccccc5c4)ccc32)cc1. The van der Waals surface area contributed by atoms with Gasteiger partial charge < -0.3 is 19.7 Å². The van der Waals surface area contributed by atoms with Gasteiger partial charge in [0.05, 0.1) is 18.6 Å². The number of benzene rings is 8. The number of rotatable bonds is 10. The van der Waals surface area contributed by atoms with E-state index < -0.39 is 5.41 Å². The average molecular weight is 691 g/mol. The molecular formula is C49H38O4. The molecule has 8 aromatic rings. The van der Waals surface area contributed by atoms with Gasteiger partial charge in [0.15, 0.2) is 0 Å². The lowest BCUT2D eigenvalue weighted by Gasteiger charge is -2.34. The first-order valence-electron chi connectivity index (χ1n) is 18.1. The van der Waals surface area contributed by atoms with E-state index in [9.17, 15) is 10.2 Å². The largest absolute Gasteiger partial charge is 0.491 e. The van der Waals surface area contributed by atoms with Crippen LogP contribution in [-0.4, -0.2) is 36.6 Å². The van der Waals surface area contributed by atoms with E-state index in [0.717, 1.165) is 22.3 Å². The number of fused-ring (bicyclic) bond motifs is 5. The van der Waals surface area contributed by atoms with Crippen molar-refractivity contribution in [1.29, 1.82) is 0 Å². The summed E-state index contributed by atoms with van der Waals surface area (Å²) in [5, 5.41) is 23.7. The zero-order chi connectivity index (χ0) is 35.8. The molecule has 0 bridgehead atoms. The molecule has 0 fully saturated rings. The predicted octanol–water partition coefficient (Wildman–Crippen LogP) is 10.4. The summed E-state index contributed by atoms with van der Waals surface area (Å²) in [4.78, 5) is 0. The molecule has 258 valence electrons. The molecular weight excluding hydrogens is 653 g/mol. The lowest BCUT2D eigenvalue weighted by molar-refractivity contribution is 0.201. The molecule has 53 heavy (non-hydrogen) atoms. The molecule has 0 radical (unpaired) electrons. The molecule has 4 heteroatoms. The van der Waals surface area contributed by atoms with Crippen LogP contribution in [0.1, 0.15) is 22.3 Å². The summed E-state index contributed by atoms with van der Waals surface area (Å²) in [5.41, 5.74) is 11.0. The Balaban J connectivity index is 1.28. The minimum Gasteiger partial charge on any atom is -0.491 e. The van der Waals surface area contributed by atoms with Crippen LogP contribution in [0.15, 0.2) is 170 Å². The summed E-state index contributed by atoms with van der Waals surface area (Å²) in [7, 11) is 0. The quantitative estimate of drug-likeness (QED) is 0.150. The number of aliphatic hydroxyl groups excluding tert-OH is 2. The average Bonchev–Trinajstić information content (AvgIpc) is 3.52. The van der Waals surface area contributed by atoms with Crippen molar-refractivity contribution in [2.45, 2.75) is 5.41 Å². The monoisotopic (exact) mass is 690 g/mol. The van der Waals surface area contributed by atoms with E-state index in [-0.39, 0.29) is 26.4 Å². The third-order valence-electron chi connectivity index (χ3n) is 10.6. The maximum atomic E-state index is 9.40. The number of ether oxygens (including phenoxy) is 2. The van der Waals surface area contributed by atoms with Crippen molar-refractivity contribution in [3.8, 4) is 44.9 Å². The lowest BCUT2D eigenvalue weighted by Crippen LogP contribution is -2.28.